The maximum atomic E-state index is 12.6. The third kappa shape index (κ3) is 4.13. The molecule has 0 atom stereocenters. The Labute approximate surface area is 156 Å². The Bertz CT molecular complexity index is 838. The summed E-state index contributed by atoms with van der Waals surface area (Å²) < 4.78 is 5.10. The summed E-state index contributed by atoms with van der Waals surface area (Å²) >= 11 is 0. The number of Topliss-reactive ketones (excluding diaryl/α,β-unsaturated/α-hetero) is 1. The minimum absolute atomic E-state index is 0.0374. The van der Waals surface area contributed by atoms with Crippen molar-refractivity contribution < 1.29 is 24.2 Å². The van der Waals surface area contributed by atoms with E-state index in [0.717, 1.165) is 0 Å². The number of carboxylic acids is 1. The Morgan fingerprint density at radius 2 is 1.67 bits per heavy atom. The number of likely N-dealkylation sites (tertiary alicyclic amines) is 1. The van der Waals surface area contributed by atoms with Gasteiger partial charge in [0.1, 0.15) is 11.4 Å². The number of rotatable bonds is 5. The van der Waals surface area contributed by atoms with Gasteiger partial charge in [-0.1, -0.05) is 0 Å². The Morgan fingerprint density at radius 1 is 1.04 bits per heavy atom. The first kappa shape index (κ1) is 18.6. The summed E-state index contributed by atoms with van der Waals surface area (Å²) in [5.41, 5.74) is 0.891. The summed E-state index contributed by atoms with van der Waals surface area (Å²) in [5.74, 6) is -0.673. The summed E-state index contributed by atoms with van der Waals surface area (Å²) in [4.78, 5) is 41.6. The summed E-state index contributed by atoms with van der Waals surface area (Å²) in [5, 5.41) is 8.89. The van der Waals surface area contributed by atoms with E-state index in [-0.39, 0.29) is 28.9 Å². The number of aromatic nitrogens is 1. The average molecular weight is 368 g/mol. The molecule has 7 nitrogen and oxygen atoms in total. The van der Waals surface area contributed by atoms with Crippen LogP contribution in [-0.4, -0.2) is 52.8 Å². The van der Waals surface area contributed by atoms with Crippen LogP contribution >= 0.6 is 0 Å². The zero-order chi connectivity index (χ0) is 19.4. The third-order valence-electron chi connectivity index (χ3n) is 4.76. The number of carbonyl (C=O) groups excluding carboxylic acids is 2. The fraction of sp³-hybridized carbons (Fsp3) is 0.300. The van der Waals surface area contributed by atoms with Gasteiger partial charge in [0.05, 0.1) is 12.7 Å². The van der Waals surface area contributed by atoms with Crippen LogP contribution in [0.1, 0.15) is 44.0 Å². The van der Waals surface area contributed by atoms with Crippen LogP contribution in [0.5, 0.6) is 5.75 Å². The van der Waals surface area contributed by atoms with Crippen molar-refractivity contribution in [1.82, 2.24) is 9.88 Å². The number of ketones is 1. The number of hydrogen-bond donors (Lipinski definition) is 1. The van der Waals surface area contributed by atoms with Crippen molar-refractivity contribution in [3.63, 3.8) is 0 Å². The van der Waals surface area contributed by atoms with Gasteiger partial charge >= 0.3 is 5.97 Å². The first-order chi connectivity index (χ1) is 13.0. The molecule has 1 amide bonds. The number of ether oxygens (including phenoxy) is 1. The summed E-state index contributed by atoms with van der Waals surface area (Å²) in [6.07, 6.45) is 2.35. The molecule has 1 saturated heterocycles. The lowest BCUT2D eigenvalue weighted by Crippen LogP contribution is -2.40. The fourth-order valence-corrected chi connectivity index (χ4v) is 3.14. The highest BCUT2D eigenvalue weighted by Crippen LogP contribution is 2.24. The van der Waals surface area contributed by atoms with Crippen LogP contribution in [0.3, 0.4) is 0 Å². The number of pyridine rings is 1. The predicted octanol–water partition coefficient (Wildman–Crippen LogP) is 2.52. The molecule has 0 radical (unpaired) electrons. The van der Waals surface area contributed by atoms with Gasteiger partial charge in [-0.3, -0.25) is 14.6 Å². The number of methoxy groups -OCH3 is 1. The minimum Gasteiger partial charge on any atom is -0.497 e. The molecule has 1 aliphatic heterocycles. The van der Waals surface area contributed by atoms with Gasteiger partial charge in [0, 0.05) is 30.8 Å². The van der Waals surface area contributed by atoms with Crippen molar-refractivity contribution in [2.75, 3.05) is 20.2 Å². The second-order valence-corrected chi connectivity index (χ2v) is 6.40. The lowest BCUT2D eigenvalue weighted by molar-refractivity contribution is 0.0644. The van der Waals surface area contributed by atoms with E-state index < -0.39 is 5.97 Å². The van der Waals surface area contributed by atoms with Gasteiger partial charge in [0.25, 0.3) is 5.91 Å². The maximum absolute atomic E-state index is 12.6. The zero-order valence-corrected chi connectivity index (χ0v) is 14.9. The van der Waals surface area contributed by atoms with Crippen molar-refractivity contribution in [3.05, 3.63) is 59.4 Å². The number of nitrogens with zero attached hydrogens (tertiary/aromatic N) is 2. The number of carboxylic acid groups (broad SMARTS) is 1. The van der Waals surface area contributed by atoms with Crippen LogP contribution in [0.25, 0.3) is 0 Å². The monoisotopic (exact) mass is 368 g/mol. The first-order valence-corrected chi connectivity index (χ1v) is 8.66. The van der Waals surface area contributed by atoms with Crippen LogP contribution in [0.15, 0.2) is 42.6 Å². The molecule has 0 bridgehead atoms. The van der Waals surface area contributed by atoms with E-state index in [0.29, 0.717) is 37.2 Å². The smallest absolute Gasteiger partial charge is 0.337 e. The molecule has 1 aliphatic rings. The number of carbonyl (C=O) groups is 3. The quantitative estimate of drug-likeness (QED) is 0.815. The first-order valence-electron chi connectivity index (χ1n) is 8.66. The molecule has 1 fully saturated rings. The SMILES string of the molecule is COc1ccc(C(=O)C2CCN(C(=O)c3ccc(C(=O)O)cn3)CC2)cc1. The van der Waals surface area contributed by atoms with Gasteiger partial charge in [-0.15, -0.1) is 0 Å². The molecule has 0 aliphatic carbocycles. The van der Waals surface area contributed by atoms with E-state index in [1.807, 2.05) is 0 Å². The number of piperidine rings is 1. The van der Waals surface area contributed by atoms with E-state index in [1.54, 1.807) is 36.3 Å². The number of benzene rings is 1. The third-order valence-corrected chi connectivity index (χ3v) is 4.76. The molecule has 0 unspecified atom stereocenters. The summed E-state index contributed by atoms with van der Waals surface area (Å²) in [7, 11) is 1.58. The highest BCUT2D eigenvalue weighted by molar-refractivity contribution is 5.98. The molecule has 1 N–H and O–H groups in total. The zero-order valence-electron chi connectivity index (χ0n) is 14.9. The van der Waals surface area contributed by atoms with Crippen molar-refractivity contribution in [1.29, 1.82) is 0 Å². The fourth-order valence-electron chi connectivity index (χ4n) is 3.14. The summed E-state index contributed by atoms with van der Waals surface area (Å²) in [6, 6.07) is 9.82. The van der Waals surface area contributed by atoms with E-state index in [2.05, 4.69) is 4.98 Å². The lowest BCUT2D eigenvalue weighted by Gasteiger charge is -2.31. The van der Waals surface area contributed by atoms with Crippen LogP contribution in [0, 0.1) is 5.92 Å². The molecule has 1 aromatic heterocycles. The van der Waals surface area contributed by atoms with Crippen molar-refractivity contribution in [3.8, 4) is 5.75 Å². The van der Waals surface area contributed by atoms with E-state index in [4.69, 9.17) is 9.84 Å². The Hall–Kier alpha value is -3.22. The highest BCUT2D eigenvalue weighted by atomic mass is 16.5. The van der Waals surface area contributed by atoms with E-state index >= 15 is 0 Å². The second kappa shape index (κ2) is 7.99. The topological polar surface area (TPSA) is 96.8 Å². The molecule has 7 heteroatoms. The van der Waals surface area contributed by atoms with Gasteiger partial charge in [0.2, 0.25) is 0 Å². The molecular formula is C20H20N2O5. The molecule has 140 valence electrons. The lowest BCUT2D eigenvalue weighted by atomic mass is 9.88. The second-order valence-electron chi connectivity index (χ2n) is 6.40. The molecular weight excluding hydrogens is 348 g/mol. The molecule has 3 rings (SSSR count). The molecule has 2 aromatic rings. The van der Waals surface area contributed by atoms with Crippen molar-refractivity contribution in [2.24, 2.45) is 5.92 Å². The van der Waals surface area contributed by atoms with Gasteiger partial charge < -0.3 is 14.7 Å². The number of aromatic carboxylic acids is 1. The van der Waals surface area contributed by atoms with Crippen LogP contribution in [0.4, 0.5) is 0 Å². The highest BCUT2D eigenvalue weighted by Gasteiger charge is 2.28. The molecule has 0 spiro atoms. The van der Waals surface area contributed by atoms with Crippen LogP contribution < -0.4 is 4.74 Å². The van der Waals surface area contributed by atoms with Crippen molar-refractivity contribution >= 4 is 17.7 Å². The number of hydrogen-bond acceptors (Lipinski definition) is 5. The standard InChI is InChI=1S/C20H20N2O5/c1-27-16-5-2-13(3-6-16)18(23)14-8-10-22(11-9-14)19(24)17-7-4-15(12-21-17)20(25)26/h2-7,12,14H,8-11H2,1H3,(H,25,26). The van der Waals surface area contributed by atoms with Gasteiger partial charge in [0.15, 0.2) is 5.78 Å². The Morgan fingerprint density at radius 3 is 2.19 bits per heavy atom. The van der Waals surface area contributed by atoms with Crippen LogP contribution in [0.2, 0.25) is 0 Å². The Kier molecular flexibility index (Phi) is 5.49. The summed E-state index contributed by atoms with van der Waals surface area (Å²) in [6.45, 7) is 0.932. The molecule has 0 saturated carbocycles. The van der Waals surface area contributed by atoms with E-state index in [9.17, 15) is 14.4 Å². The molecule has 27 heavy (non-hydrogen) atoms. The normalized spacial score (nSPS) is 14.6. The Balaban J connectivity index is 1.59. The van der Waals surface area contributed by atoms with Gasteiger partial charge in [-0.05, 0) is 49.2 Å². The van der Waals surface area contributed by atoms with Crippen molar-refractivity contribution in [2.45, 2.75) is 12.8 Å². The predicted molar refractivity (Wildman–Crippen MR) is 97.1 cm³/mol. The largest absolute Gasteiger partial charge is 0.497 e. The van der Waals surface area contributed by atoms with Gasteiger partial charge in [-0.2, -0.15) is 0 Å². The molecule has 2 heterocycles. The van der Waals surface area contributed by atoms with Crippen LogP contribution in [-0.2, 0) is 0 Å². The van der Waals surface area contributed by atoms with Gasteiger partial charge in [-0.25, -0.2) is 4.79 Å². The average Bonchev–Trinajstić information content (AvgIpc) is 2.73. The molecule has 1 aromatic carbocycles. The number of amides is 1. The van der Waals surface area contributed by atoms with E-state index in [1.165, 1.54) is 18.3 Å². The minimum atomic E-state index is -1.08. The maximum Gasteiger partial charge on any atom is 0.337 e.